The third-order valence-corrected chi connectivity index (χ3v) is 3.55. The molecule has 0 aliphatic carbocycles. The summed E-state index contributed by atoms with van der Waals surface area (Å²) < 4.78 is 5.41. The summed E-state index contributed by atoms with van der Waals surface area (Å²) in [5, 5.41) is 4.59. The van der Waals surface area contributed by atoms with E-state index in [4.69, 9.17) is 4.74 Å². The smallest absolute Gasteiger partial charge is 0.142 e. The highest BCUT2D eigenvalue weighted by Crippen LogP contribution is 2.32. The van der Waals surface area contributed by atoms with E-state index in [1.165, 1.54) is 5.56 Å². The van der Waals surface area contributed by atoms with Crippen LogP contribution in [0.4, 0.5) is 11.4 Å². The maximum Gasteiger partial charge on any atom is 0.142 e. The number of nitrogens with one attached hydrogen (secondary N) is 1. The predicted molar refractivity (Wildman–Crippen MR) is 94.7 cm³/mol. The molecule has 0 unspecified atom stereocenters. The lowest BCUT2D eigenvalue weighted by Crippen LogP contribution is -1.97. The molecule has 0 saturated carbocycles. The summed E-state index contributed by atoms with van der Waals surface area (Å²) in [6.45, 7) is 4.10. The molecule has 0 atom stereocenters. The van der Waals surface area contributed by atoms with Crippen molar-refractivity contribution in [3.05, 3.63) is 59.8 Å². The van der Waals surface area contributed by atoms with Crippen molar-refractivity contribution in [1.29, 1.82) is 0 Å². The van der Waals surface area contributed by atoms with Gasteiger partial charge in [0.1, 0.15) is 5.75 Å². The van der Waals surface area contributed by atoms with E-state index >= 15 is 0 Å². The van der Waals surface area contributed by atoms with Crippen LogP contribution < -0.4 is 10.1 Å². The maximum atomic E-state index is 5.41. The third kappa shape index (κ3) is 3.00. The Morgan fingerprint density at radius 3 is 2.50 bits per heavy atom. The zero-order valence-electron chi connectivity index (χ0n) is 12.9. The molecule has 1 aromatic heterocycles. The van der Waals surface area contributed by atoms with Crippen LogP contribution in [0.1, 0.15) is 11.3 Å². The molecule has 0 saturated heterocycles. The van der Waals surface area contributed by atoms with Gasteiger partial charge in [0.05, 0.1) is 18.3 Å². The van der Waals surface area contributed by atoms with E-state index < -0.39 is 0 Å². The number of benzene rings is 2. The number of pyridine rings is 1. The highest BCUT2D eigenvalue weighted by Gasteiger charge is 2.08. The minimum Gasteiger partial charge on any atom is -0.495 e. The van der Waals surface area contributed by atoms with Gasteiger partial charge in [-0.15, -0.1) is 12.4 Å². The van der Waals surface area contributed by atoms with Gasteiger partial charge in [-0.3, -0.25) is 4.98 Å². The topological polar surface area (TPSA) is 34.1 Å². The monoisotopic (exact) mass is 314 g/mol. The van der Waals surface area contributed by atoms with E-state index in [0.29, 0.717) is 0 Å². The minimum atomic E-state index is 0. The van der Waals surface area contributed by atoms with Crippen molar-refractivity contribution in [2.24, 2.45) is 0 Å². The summed E-state index contributed by atoms with van der Waals surface area (Å²) in [4.78, 5) is 4.65. The van der Waals surface area contributed by atoms with Crippen LogP contribution in [-0.4, -0.2) is 12.1 Å². The van der Waals surface area contributed by atoms with Crippen molar-refractivity contribution in [2.45, 2.75) is 13.8 Å². The van der Waals surface area contributed by atoms with Gasteiger partial charge in [-0.1, -0.05) is 30.3 Å². The van der Waals surface area contributed by atoms with Gasteiger partial charge in [-0.2, -0.15) is 0 Å². The molecule has 3 aromatic rings. The molecule has 4 heteroatoms. The Morgan fingerprint density at radius 2 is 1.73 bits per heavy atom. The van der Waals surface area contributed by atoms with Crippen LogP contribution in [0, 0.1) is 13.8 Å². The fourth-order valence-electron chi connectivity index (χ4n) is 2.52. The molecule has 0 radical (unpaired) electrons. The van der Waals surface area contributed by atoms with Gasteiger partial charge in [0.25, 0.3) is 0 Å². The number of hydrogen-bond acceptors (Lipinski definition) is 3. The van der Waals surface area contributed by atoms with Gasteiger partial charge in [0.15, 0.2) is 0 Å². The van der Waals surface area contributed by atoms with Crippen LogP contribution in [0.2, 0.25) is 0 Å². The second kappa shape index (κ2) is 6.67. The normalized spacial score (nSPS) is 10.1. The highest BCUT2D eigenvalue weighted by atomic mass is 35.5. The molecule has 1 heterocycles. The lowest BCUT2D eigenvalue weighted by molar-refractivity contribution is 0.417. The number of methoxy groups -OCH3 is 1. The van der Waals surface area contributed by atoms with Gasteiger partial charge in [-0.25, -0.2) is 0 Å². The second-order valence-corrected chi connectivity index (χ2v) is 5.11. The van der Waals surface area contributed by atoms with E-state index in [2.05, 4.69) is 41.5 Å². The van der Waals surface area contributed by atoms with Crippen LogP contribution in [0.3, 0.4) is 0 Å². The number of ether oxygens (including phenoxy) is 1. The average molecular weight is 315 g/mol. The molecule has 0 aliphatic rings. The lowest BCUT2D eigenvalue weighted by atomic mass is 10.1. The molecule has 114 valence electrons. The summed E-state index contributed by atoms with van der Waals surface area (Å²) in [5.41, 5.74) is 5.21. The molecule has 0 fully saturated rings. The van der Waals surface area contributed by atoms with Crippen LogP contribution in [0.25, 0.3) is 10.9 Å². The zero-order valence-corrected chi connectivity index (χ0v) is 13.7. The van der Waals surface area contributed by atoms with Crippen molar-refractivity contribution in [3.63, 3.8) is 0 Å². The molecule has 2 aromatic carbocycles. The Morgan fingerprint density at radius 1 is 0.955 bits per heavy atom. The summed E-state index contributed by atoms with van der Waals surface area (Å²) >= 11 is 0. The van der Waals surface area contributed by atoms with Crippen molar-refractivity contribution in [3.8, 4) is 5.75 Å². The standard InChI is InChI=1S/C18H18N2O.ClH/c1-12-7-6-8-14-16(11-13(2)19-18(12)14)20-15-9-4-5-10-17(15)21-3;/h4-11H,1-3H3,(H,19,20);1H. The van der Waals surface area contributed by atoms with Gasteiger partial charge in [0.2, 0.25) is 0 Å². The summed E-state index contributed by atoms with van der Waals surface area (Å²) in [7, 11) is 1.68. The van der Waals surface area contributed by atoms with E-state index in [1.807, 2.05) is 31.2 Å². The maximum absolute atomic E-state index is 5.41. The molecule has 3 nitrogen and oxygen atoms in total. The van der Waals surface area contributed by atoms with Gasteiger partial charge in [-0.05, 0) is 37.6 Å². The molecule has 3 rings (SSSR count). The SMILES string of the molecule is COc1ccccc1Nc1cc(C)nc2c(C)cccc12.Cl. The van der Waals surface area contributed by atoms with Crippen LogP contribution in [0.15, 0.2) is 48.5 Å². The number of aromatic nitrogens is 1. The number of aryl methyl sites for hydroxylation is 2. The van der Waals surface area contributed by atoms with Crippen molar-refractivity contribution >= 4 is 34.7 Å². The van der Waals surface area contributed by atoms with Crippen molar-refractivity contribution < 1.29 is 4.74 Å². The molecule has 0 bridgehead atoms. The minimum absolute atomic E-state index is 0. The van der Waals surface area contributed by atoms with Crippen LogP contribution >= 0.6 is 12.4 Å². The Hall–Kier alpha value is -2.26. The van der Waals surface area contributed by atoms with Crippen LogP contribution in [0.5, 0.6) is 5.75 Å². The Kier molecular flexibility index (Phi) is 4.88. The number of para-hydroxylation sites is 3. The third-order valence-electron chi connectivity index (χ3n) is 3.55. The summed E-state index contributed by atoms with van der Waals surface area (Å²) in [6, 6.07) is 16.2. The van der Waals surface area contributed by atoms with Gasteiger partial charge >= 0.3 is 0 Å². The first-order valence-corrected chi connectivity index (χ1v) is 6.96. The predicted octanol–water partition coefficient (Wildman–Crippen LogP) is 5.03. The molecular formula is C18H19ClN2O. The first kappa shape index (κ1) is 16.1. The van der Waals surface area contributed by atoms with E-state index in [-0.39, 0.29) is 12.4 Å². The number of nitrogens with zero attached hydrogens (tertiary/aromatic N) is 1. The molecule has 1 N–H and O–H groups in total. The van der Waals surface area contributed by atoms with Crippen molar-refractivity contribution in [2.75, 3.05) is 12.4 Å². The molecular weight excluding hydrogens is 296 g/mol. The first-order valence-electron chi connectivity index (χ1n) is 6.96. The fraction of sp³-hybridized carbons (Fsp3) is 0.167. The van der Waals surface area contributed by atoms with E-state index in [1.54, 1.807) is 7.11 Å². The van der Waals surface area contributed by atoms with Crippen LogP contribution in [-0.2, 0) is 0 Å². The molecule has 22 heavy (non-hydrogen) atoms. The Labute approximate surface area is 136 Å². The Balaban J connectivity index is 0.00000176. The molecule has 0 aliphatic heterocycles. The zero-order chi connectivity index (χ0) is 14.8. The summed E-state index contributed by atoms with van der Waals surface area (Å²) in [5.74, 6) is 0.827. The number of fused-ring (bicyclic) bond motifs is 1. The number of halogens is 1. The number of hydrogen-bond donors (Lipinski definition) is 1. The Bertz CT molecular complexity index is 802. The quantitative estimate of drug-likeness (QED) is 0.736. The van der Waals surface area contributed by atoms with Crippen molar-refractivity contribution in [1.82, 2.24) is 4.98 Å². The van der Waals surface area contributed by atoms with E-state index in [9.17, 15) is 0 Å². The second-order valence-electron chi connectivity index (χ2n) is 5.11. The van der Waals surface area contributed by atoms with Gasteiger partial charge < -0.3 is 10.1 Å². The van der Waals surface area contributed by atoms with E-state index in [0.717, 1.165) is 33.7 Å². The number of anilines is 2. The molecule has 0 amide bonds. The largest absolute Gasteiger partial charge is 0.495 e. The summed E-state index contributed by atoms with van der Waals surface area (Å²) in [6.07, 6.45) is 0. The highest BCUT2D eigenvalue weighted by molar-refractivity contribution is 5.95. The average Bonchev–Trinajstić information content (AvgIpc) is 2.49. The fourth-order valence-corrected chi connectivity index (χ4v) is 2.52. The van der Waals surface area contributed by atoms with Gasteiger partial charge in [0, 0.05) is 16.8 Å². The first-order chi connectivity index (χ1) is 10.2. The lowest BCUT2D eigenvalue weighted by Gasteiger charge is -2.14. The molecule has 0 spiro atoms. The number of rotatable bonds is 3.